The molecular formula is C16H23N3OS. The summed E-state index contributed by atoms with van der Waals surface area (Å²) in [4.78, 5) is 9.54. The number of nitrogens with one attached hydrogen (secondary N) is 1. The molecule has 0 spiro atoms. The summed E-state index contributed by atoms with van der Waals surface area (Å²) in [5, 5.41) is 13.8. The van der Waals surface area contributed by atoms with Gasteiger partial charge >= 0.3 is 0 Å². The molecule has 0 amide bonds. The summed E-state index contributed by atoms with van der Waals surface area (Å²) in [5.74, 6) is 1.03. The Morgan fingerprint density at radius 3 is 3.14 bits per heavy atom. The Balaban J connectivity index is 1.69. The molecule has 114 valence electrons. The Morgan fingerprint density at radius 2 is 2.29 bits per heavy atom. The van der Waals surface area contributed by atoms with Gasteiger partial charge in [-0.3, -0.25) is 9.98 Å². The minimum Gasteiger partial charge on any atom is -0.393 e. The van der Waals surface area contributed by atoms with Crippen LogP contribution in [-0.4, -0.2) is 39.5 Å². The molecular weight excluding hydrogens is 282 g/mol. The highest BCUT2D eigenvalue weighted by atomic mass is 32.2. The lowest BCUT2D eigenvalue weighted by atomic mass is 9.92. The predicted molar refractivity (Wildman–Crippen MR) is 88.0 cm³/mol. The maximum absolute atomic E-state index is 9.87. The van der Waals surface area contributed by atoms with E-state index in [1.807, 2.05) is 18.1 Å². The predicted octanol–water partition coefficient (Wildman–Crippen LogP) is 2.63. The lowest BCUT2D eigenvalue weighted by Crippen LogP contribution is -2.40. The van der Waals surface area contributed by atoms with Crippen molar-refractivity contribution in [3.63, 3.8) is 0 Å². The van der Waals surface area contributed by atoms with Gasteiger partial charge < -0.3 is 10.4 Å². The highest BCUT2D eigenvalue weighted by Crippen LogP contribution is 2.54. The van der Waals surface area contributed by atoms with Gasteiger partial charge in [-0.1, -0.05) is 0 Å². The van der Waals surface area contributed by atoms with Gasteiger partial charge in [0.2, 0.25) is 0 Å². The second kappa shape index (κ2) is 5.13. The highest BCUT2D eigenvalue weighted by Gasteiger charge is 2.48. The van der Waals surface area contributed by atoms with Crippen molar-refractivity contribution >= 4 is 23.9 Å². The fourth-order valence-corrected chi connectivity index (χ4v) is 5.83. The molecule has 2 aliphatic heterocycles. The van der Waals surface area contributed by atoms with Crippen molar-refractivity contribution < 1.29 is 5.11 Å². The molecule has 0 aromatic carbocycles. The molecule has 2 N–H and O–H groups in total. The summed E-state index contributed by atoms with van der Waals surface area (Å²) in [7, 11) is 0. The third-order valence-electron chi connectivity index (χ3n) is 5.14. The lowest BCUT2D eigenvalue weighted by molar-refractivity contribution is 0.121. The number of fused-ring (bicyclic) bond motifs is 2. The molecule has 21 heavy (non-hydrogen) atoms. The maximum Gasteiger partial charge on any atom is 0.134 e. The summed E-state index contributed by atoms with van der Waals surface area (Å²) in [6.45, 7) is 2.22. The Kier molecular flexibility index (Phi) is 3.38. The van der Waals surface area contributed by atoms with Crippen molar-refractivity contribution in [2.24, 2.45) is 9.98 Å². The molecule has 0 aromatic rings. The summed E-state index contributed by atoms with van der Waals surface area (Å²) in [6, 6.07) is 0.255. The molecule has 4 atom stereocenters. The Bertz CT molecular complexity index is 542. The van der Waals surface area contributed by atoms with E-state index in [4.69, 9.17) is 9.98 Å². The second-order valence-corrected chi connectivity index (χ2v) is 8.34. The molecule has 0 aromatic heterocycles. The minimum absolute atomic E-state index is 0.141. The Labute approximate surface area is 130 Å². The first-order valence-corrected chi connectivity index (χ1v) is 9.01. The second-order valence-electron chi connectivity index (χ2n) is 6.74. The largest absolute Gasteiger partial charge is 0.393 e. The average molecular weight is 305 g/mol. The van der Waals surface area contributed by atoms with E-state index in [0.717, 1.165) is 31.5 Å². The van der Waals surface area contributed by atoms with Crippen LogP contribution < -0.4 is 5.32 Å². The number of aliphatic imine (C=N–C) groups is 2. The smallest absolute Gasteiger partial charge is 0.134 e. The van der Waals surface area contributed by atoms with Gasteiger partial charge in [-0.25, -0.2) is 0 Å². The quantitative estimate of drug-likeness (QED) is 0.783. The number of hydrogen-bond donors (Lipinski definition) is 2. The van der Waals surface area contributed by atoms with Crippen LogP contribution in [0.4, 0.5) is 0 Å². The van der Waals surface area contributed by atoms with E-state index >= 15 is 0 Å². The summed E-state index contributed by atoms with van der Waals surface area (Å²) >= 11 is 1.99. The summed E-state index contributed by atoms with van der Waals surface area (Å²) in [5.41, 5.74) is 2.92. The van der Waals surface area contributed by atoms with Gasteiger partial charge in [-0.2, -0.15) is 0 Å². The molecule has 4 aliphatic rings. The fourth-order valence-electron chi connectivity index (χ4n) is 4.16. The molecule has 4 nitrogen and oxygen atoms in total. The van der Waals surface area contributed by atoms with Crippen molar-refractivity contribution in [3.05, 3.63) is 11.1 Å². The Morgan fingerprint density at radius 1 is 1.38 bits per heavy atom. The number of nitrogens with zero attached hydrogens (tertiary/aromatic N) is 2. The van der Waals surface area contributed by atoms with Gasteiger partial charge in [0.25, 0.3) is 0 Å². The first-order chi connectivity index (χ1) is 10.2. The minimum atomic E-state index is -0.174. The van der Waals surface area contributed by atoms with Crippen LogP contribution in [0.5, 0.6) is 0 Å². The van der Waals surface area contributed by atoms with Crippen molar-refractivity contribution in [1.82, 2.24) is 5.32 Å². The van der Waals surface area contributed by atoms with Crippen LogP contribution in [0.2, 0.25) is 0 Å². The van der Waals surface area contributed by atoms with Gasteiger partial charge in [-0.05, 0) is 57.4 Å². The molecule has 4 unspecified atom stereocenters. The van der Waals surface area contributed by atoms with Gasteiger partial charge in [0.05, 0.1) is 18.5 Å². The molecule has 0 saturated heterocycles. The van der Waals surface area contributed by atoms with E-state index in [9.17, 15) is 5.11 Å². The average Bonchev–Trinajstić information content (AvgIpc) is 2.96. The molecule has 2 aliphatic carbocycles. The maximum atomic E-state index is 9.87. The summed E-state index contributed by atoms with van der Waals surface area (Å²) < 4.78 is 0. The SMILES string of the molecule is CC12N=CNC(=NC3CCCC(O)C3)C1=C1CCCC1S2. The lowest BCUT2D eigenvalue weighted by Gasteiger charge is -2.30. The van der Waals surface area contributed by atoms with E-state index in [1.54, 1.807) is 5.57 Å². The number of hydrogen-bond acceptors (Lipinski definition) is 4. The van der Waals surface area contributed by atoms with Gasteiger partial charge in [-0.15, -0.1) is 11.8 Å². The van der Waals surface area contributed by atoms with Crippen LogP contribution >= 0.6 is 11.8 Å². The highest BCUT2D eigenvalue weighted by molar-refractivity contribution is 8.02. The number of amidine groups is 1. The van der Waals surface area contributed by atoms with Crippen LogP contribution in [0.3, 0.4) is 0 Å². The number of thioether (sulfide) groups is 1. The molecule has 5 heteroatoms. The van der Waals surface area contributed by atoms with E-state index < -0.39 is 0 Å². The van der Waals surface area contributed by atoms with E-state index in [2.05, 4.69) is 12.2 Å². The van der Waals surface area contributed by atoms with Crippen molar-refractivity contribution in [3.8, 4) is 0 Å². The van der Waals surface area contributed by atoms with Crippen LogP contribution in [-0.2, 0) is 0 Å². The third-order valence-corrected chi connectivity index (χ3v) is 6.71. The van der Waals surface area contributed by atoms with Crippen LogP contribution in [0, 0.1) is 0 Å². The first-order valence-electron chi connectivity index (χ1n) is 8.13. The van der Waals surface area contributed by atoms with Crippen molar-refractivity contribution in [2.75, 3.05) is 0 Å². The normalized spacial score (nSPS) is 43.9. The van der Waals surface area contributed by atoms with E-state index in [1.165, 1.54) is 24.8 Å². The van der Waals surface area contributed by atoms with Crippen molar-refractivity contribution in [1.29, 1.82) is 0 Å². The van der Waals surface area contributed by atoms with Gasteiger partial charge in [0.1, 0.15) is 10.7 Å². The molecule has 0 bridgehead atoms. The molecule has 0 radical (unpaired) electrons. The molecule has 2 heterocycles. The standard InChI is InChI=1S/C16H23N3OS/c1-16-14(12-6-3-7-13(12)21-16)15(17-9-18-16)19-10-4-2-5-11(20)8-10/h9-11,13,20H,2-8H2,1H3,(H,17,18,19). The monoisotopic (exact) mass is 305 g/mol. The molecule has 2 saturated carbocycles. The zero-order valence-electron chi connectivity index (χ0n) is 12.5. The number of aliphatic hydroxyl groups excluding tert-OH is 1. The van der Waals surface area contributed by atoms with E-state index in [-0.39, 0.29) is 17.0 Å². The third kappa shape index (κ3) is 2.34. The van der Waals surface area contributed by atoms with Crippen LogP contribution in [0.25, 0.3) is 0 Å². The Hall–Kier alpha value is -0.810. The topological polar surface area (TPSA) is 57.0 Å². The van der Waals surface area contributed by atoms with Gasteiger partial charge in [0.15, 0.2) is 0 Å². The van der Waals surface area contributed by atoms with Crippen LogP contribution in [0.1, 0.15) is 51.9 Å². The zero-order valence-corrected chi connectivity index (χ0v) is 13.3. The van der Waals surface area contributed by atoms with Crippen molar-refractivity contribution in [2.45, 2.75) is 74.1 Å². The summed E-state index contributed by atoms with van der Waals surface area (Å²) in [6.07, 6.45) is 9.33. The number of rotatable bonds is 1. The molecule has 4 rings (SSSR count). The molecule has 2 fully saturated rings. The van der Waals surface area contributed by atoms with E-state index in [0.29, 0.717) is 5.25 Å². The number of aliphatic hydroxyl groups is 1. The first kappa shape index (κ1) is 13.8. The van der Waals surface area contributed by atoms with Crippen LogP contribution in [0.15, 0.2) is 21.1 Å². The van der Waals surface area contributed by atoms with Gasteiger partial charge in [0, 0.05) is 10.8 Å². The zero-order chi connectivity index (χ0) is 14.4. The fraction of sp³-hybridized carbons (Fsp3) is 0.750.